The molecule has 1 aromatic rings. The van der Waals surface area contributed by atoms with Gasteiger partial charge >= 0.3 is 191 Å². The molecule has 4 nitrogen and oxygen atoms in total. The van der Waals surface area contributed by atoms with Crippen molar-refractivity contribution in [1.29, 1.82) is 0 Å². The molecular formula is C26H49N2O2P+2. The Kier molecular flexibility index (Phi) is 5.48. The molecule has 2 heterocycles. The number of hydrogen-bond donors (Lipinski definition) is 2. The molecule has 3 rings (SSSR count). The van der Waals surface area contributed by atoms with Crippen molar-refractivity contribution < 1.29 is 18.3 Å². The van der Waals surface area contributed by atoms with Gasteiger partial charge in [-0.05, 0) is 0 Å². The van der Waals surface area contributed by atoms with Gasteiger partial charge in [-0.2, -0.15) is 0 Å². The molecule has 31 heavy (non-hydrogen) atoms. The van der Waals surface area contributed by atoms with Gasteiger partial charge in [0.2, 0.25) is 0 Å². The third kappa shape index (κ3) is 2.66. The van der Waals surface area contributed by atoms with Gasteiger partial charge < -0.3 is 0 Å². The second-order valence-corrected chi connectivity index (χ2v) is 17.1. The summed E-state index contributed by atoms with van der Waals surface area (Å²) >= 11 is 0. The Morgan fingerprint density at radius 1 is 0.613 bits per heavy atom. The minimum atomic E-state index is -4.77. The van der Waals surface area contributed by atoms with Crippen LogP contribution in [0.15, 0.2) is 30.3 Å². The first kappa shape index (κ1) is 25.1. The number of piperidine rings is 2. The van der Waals surface area contributed by atoms with Gasteiger partial charge in [0.1, 0.15) is 0 Å². The van der Waals surface area contributed by atoms with Crippen LogP contribution < -0.4 is 5.30 Å². The van der Waals surface area contributed by atoms with E-state index in [1.54, 1.807) is 0 Å². The number of benzene rings is 1. The molecule has 0 spiro atoms. The number of hydrogen-bond acceptors (Lipinski definition) is 2. The second kappa shape index (κ2) is 6.76. The summed E-state index contributed by atoms with van der Waals surface area (Å²) in [6, 6.07) is 9.93. The Balaban J connectivity index is 2.58. The van der Waals surface area contributed by atoms with Gasteiger partial charge in [-0.15, -0.1) is 0 Å². The Morgan fingerprint density at radius 3 is 1.19 bits per heavy atom. The quantitative estimate of drug-likeness (QED) is 0.562. The zero-order valence-electron chi connectivity index (χ0n) is 21.9. The van der Waals surface area contributed by atoms with Crippen molar-refractivity contribution in [2.75, 3.05) is 14.1 Å². The fraction of sp³-hybridized carbons (Fsp3) is 0.769. The topological polar surface area (TPSA) is 40.5 Å². The van der Waals surface area contributed by atoms with Crippen molar-refractivity contribution in [2.45, 2.75) is 116 Å². The summed E-state index contributed by atoms with van der Waals surface area (Å²) in [4.78, 5) is 27.4. The van der Waals surface area contributed by atoms with Crippen molar-refractivity contribution in [3.63, 3.8) is 0 Å². The normalized spacial score (nSPS) is 29.5. The SMILES string of the molecule is CC1(C)CCCC(C)(C)[N+]1(C)P(O)(O)(c1ccccc1)[N+]1(C)C(C)(C)CCCC1(C)C. The molecule has 0 atom stereocenters. The van der Waals surface area contributed by atoms with Crippen molar-refractivity contribution in [3.05, 3.63) is 30.3 Å². The molecule has 0 bridgehead atoms. The second-order valence-electron chi connectivity index (χ2n) is 13.1. The Hall–Kier alpha value is -0.510. The van der Waals surface area contributed by atoms with E-state index in [1.807, 2.05) is 30.3 Å². The molecule has 0 aromatic heterocycles. The van der Waals surface area contributed by atoms with Crippen molar-refractivity contribution in [1.82, 2.24) is 0 Å². The van der Waals surface area contributed by atoms with Gasteiger partial charge in [-0.3, -0.25) is 0 Å². The number of nitrogens with zero attached hydrogens (tertiary/aromatic N) is 2. The van der Waals surface area contributed by atoms with E-state index in [0.29, 0.717) is 0 Å². The summed E-state index contributed by atoms with van der Waals surface area (Å²) in [5.41, 5.74) is -1.15. The predicted octanol–water partition coefficient (Wildman–Crippen LogP) is 5.89. The van der Waals surface area contributed by atoms with Crippen molar-refractivity contribution in [2.24, 2.45) is 0 Å². The van der Waals surface area contributed by atoms with Gasteiger partial charge in [0.15, 0.2) is 0 Å². The Labute approximate surface area is 191 Å². The molecule has 2 saturated heterocycles. The maximum atomic E-state index is 13.7. The zero-order chi connectivity index (χ0) is 23.8. The minimum absolute atomic E-state index is 0.277. The molecule has 2 fully saturated rings. The molecular weight excluding hydrogens is 403 g/mol. The summed E-state index contributed by atoms with van der Waals surface area (Å²) in [6.07, 6.45) is 6.18. The number of likely N-dealkylation sites (tertiary alicyclic amines) is 2. The van der Waals surface area contributed by atoms with E-state index in [4.69, 9.17) is 0 Å². The van der Waals surface area contributed by atoms with E-state index >= 15 is 0 Å². The van der Waals surface area contributed by atoms with Crippen molar-refractivity contribution >= 4 is 12.7 Å². The van der Waals surface area contributed by atoms with E-state index in [-0.39, 0.29) is 30.7 Å². The Morgan fingerprint density at radius 2 is 0.903 bits per heavy atom. The third-order valence-corrected chi connectivity index (χ3v) is 16.9. The molecule has 0 unspecified atom stereocenters. The van der Waals surface area contributed by atoms with Crippen LogP contribution in [0.2, 0.25) is 0 Å². The van der Waals surface area contributed by atoms with Gasteiger partial charge in [-0.1, -0.05) is 0 Å². The monoisotopic (exact) mass is 452 g/mol. The first-order valence-electron chi connectivity index (χ1n) is 12.1. The maximum absolute atomic E-state index is 13.7. The van der Waals surface area contributed by atoms with Gasteiger partial charge in [0.05, 0.1) is 0 Å². The van der Waals surface area contributed by atoms with Crippen LogP contribution in [0.4, 0.5) is 0 Å². The van der Waals surface area contributed by atoms with Crippen LogP contribution in [0.3, 0.4) is 0 Å². The van der Waals surface area contributed by atoms with Gasteiger partial charge in [0, 0.05) is 0 Å². The standard InChI is InChI=1S/C26H49N2O2P/c1-23(2)18-14-19-24(3,4)27(23,9)31(29,30,22-16-12-11-13-17-22)28(10)25(5,6)20-15-21-26(28,7)8/h11-13,16-17,29-30H,14-15,18-21H2,1-10H3/q+2. The third-order valence-electron chi connectivity index (χ3n) is 10.6. The van der Waals surface area contributed by atoms with Crippen LogP contribution in [0, 0.1) is 0 Å². The zero-order valence-corrected chi connectivity index (χ0v) is 22.8. The summed E-state index contributed by atoms with van der Waals surface area (Å²) in [6.45, 7) is 18.1. The van der Waals surface area contributed by atoms with Crippen LogP contribution in [-0.2, 0) is 0 Å². The fourth-order valence-electron chi connectivity index (χ4n) is 7.93. The fourth-order valence-corrected chi connectivity index (χ4v) is 14.7. The van der Waals surface area contributed by atoms with E-state index in [9.17, 15) is 9.79 Å². The van der Waals surface area contributed by atoms with E-state index < -0.39 is 7.36 Å². The van der Waals surface area contributed by atoms with Crippen LogP contribution >= 0.6 is 7.36 Å². The van der Waals surface area contributed by atoms with Crippen LogP contribution in [0.5, 0.6) is 0 Å². The summed E-state index contributed by atoms with van der Waals surface area (Å²) in [5, 5.41) is 0.726. The average molecular weight is 453 g/mol. The first-order chi connectivity index (χ1) is 13.8. The molecule has 2 aliphatic rings. The van der Waals surface area contributed by atoms with Gasteiger partial charge in [0.25, 0.3) is 0 Å². The van der Waals surface area contributed by atoms with Gasteiger partial charge in [-0.25, -0.2) is 0 Å². The van der Waals surface area contributed by atoms with Crippen LogP contribution in [0.25, 0.3) is 0 Å². The molecule has 2 aliphatic heterocycles. The molecule has 0 saturated carbocycles. The number of quaternary nitrogens is 2. The molecule has 0 radical (unpaired) electrons. The Bertz CT molecular complexity index is 762. The molecule has 1 aromatic carbocycles. The number of rotatable bonds is 3. The molecule has 0 amide bonds. The first-order valence-corrected chi connectivity index (χ1v) is 14.2. The molecule has 0 aliphatic carbocycles. The molecule has 178 valence electrons. The molecule has 5 heteroatoms. The summed E-state index contributed by atoms with van der Waals surface area (Å²) in [5.74, 6) is 0. The summed E-state index contributed by atoms with van der Waals surface area (Å²) < 4.78 is 0.554. The predicted molar refractivity (Wildman–Crippen MR) is 134 cm³/mol. The van der Waals surface area contributed by atoms with Crippen molar-refractivity contribution in [3.8, 4) is 0 Å². The van der Waals surface area contributed by atoms with E-state index in [2.05, 4.69) is 69.5 Å². The summed E-state index contributed by atoms with van der Waals surface area (Å²) in [7, 11) is -0.422. The molecule has 2 N–H and O–H groups in total. The van der Waals surface area contributed by atoms with E-state index in [0.717, 1.165) is 43.8 Å². The van der Waals surface area contributed by atoms with Crippen LogP contribution in [0.1, 0.15) is 93.9 Å². The van der Waals surface area contributed by atoms with Crippen LogP contribution in [-0.4, -0.2) is 54.5 Å². The van der Waals surface area contributed by atoms with E-state index in [1.165, 1.54) is 0 Å². The average Bonchev–Trinajstić information content (AvgIpc) is 2.64.